The maximum atomic E-state index is 11.8. The Balaban J connectivity index is 2.27. The lowest BCUT2D eigenvalue weighted by molar-refractivity contribution is -0.162. The first-order valence-corrected chi connectivity index (χ1v) is 8.15. The van der Waals surface area contributed by atoms with E-state index >= 15 is 0 Å². The number of nitrogens with one attached hydrogen (secondary N) is 1. The van der Waals surface area contributed by atoms with E-state index in [0.717, 1.165) is 0 Å². The van der Waals surface area contributed by atoms with Gasteiger partial charge in [-0.1, -0.05) is 6.42 Å². The van der Waals surface area contributed by atoms with Crippen molar-refractivity contribution in [1.82, 2.24) is 15.1 Å². The molecule has 1 N–H and O–H groups in total. The Morgan fingerprint density at radius 2 is 1.79 bits per heavy atom. The van der Waals surface area contributed by atoms with Crippen LogP contribution in [0.3, 0.4) is 0 Å². The fraction of sp³-hybridized carbons (Fsp3) is 0.625. The quantitative estimate of drug-likeness (QED) is 0.365. The van der Waals surface area contributed by atoms with Crippen molar-refractivity contribution in [1.29, 1.82) is 0 Å². The van der Waals surface area contributed by atoms with Crippen LogP contribution in [0, 0.1) is 5.92 Å². The van der Waals surface area contributed by atoms with Crippen LogP contribution < -0.4 is 5.32 Å². The van der Waals surface area contributed by atoms with Gasteiger partial charge in [-0.05, 0) is 32.8 Å². The predicted octanol–water partition coefficient (Wildman–Crippen LogP) is 0.912. The third-order valence-electron chi connectivity index (χ3n) is 3.25. The van der Waals surface area contributed by atoms with Gasteiger partial charge in [0.1, 0.15) is 6.54 Å². The fourth-order valence-corrected chi connectivity index (χ4v) is 2.12. The molecule has 1 aromatic heterocycles. The zero-order valence-electron chi connectivity index (χ0n) is 14.2. The molecule has 0 bridgehead atoms. The molecular weight excluding hydrogens is 314 g/mol. The molecule has 1 rings (SSSR count). The van der Waals surface area contributed by atoms with Crippen LogP contribution in [0.15, 0.2) is 18.5 Å². The summed E-state index contributed by atoms with van der Waals surface area (Å²) in [5.74, 6) is -2.15. The molecule has 1 heterocycles. The van der Waals surface area contributed by atoms with Crippen molar-refractivity contribution >= 4 is 17.8 Å². The average Bonchev–Trinajstić information content (AvgIpc) is 3.04. The molecule has 0 aromatic carbocycles. The van der Waals surface area contributed by atoms with Gasteiger partial charge in [-0.25, -0.2) is 0 Å². The summed E-state index contributed by atoms with van der Waals surface area (Å²) in [4.78, 5) is 35.3. The van der Waals surface area contributed by atoms with Crippen LogP contribution in [0.5, 0.6) is 0 Å². The van der Waals surface area contributed by atoms with Gasteiger partial charge in [0.05, 0.1) is 13.2 Å². The first-order chi connectivity index (χ1) is 11.6. The Morgan fingerprint density at radius 1 is 1.12 bits per heavy atom. The highest BCUT2D eigenvalue weighted by Crippen LogP contribution is 2.13. The first kappa shape index (κ1) is 19.7. The van der Waals surface area contributed by atoms with E-state index in [9.17, 15) is 14.4 Å². The molecule has 8 heteroatoms. The van der Waals surface area contributed by atoms with Gasteiger partial charge < -0.3 is 14.8 Å². The second kappa shape index (κ2) is 11.2. The van der Waals surface area contributed by atoms with Gasteiger partial charge in [0.2, 0.25) is 5.91 Å². The lowest BCUT2D eigenvalue weighted by atomic mass is 10.0. The zero-order valence-corrected chi connectivity index (χ0v) is 14.2. The molecule has 0 aliphatic rings. The number of carbonyl (C=O) groups is 3. The van der Waals surface area contributed by atoms with Crippen molar-refractivity contribution in [2.24, 2.45) is 5.92 Å². The Morgan fingerprint density at radius 3 is 2.33 bits per heavy atom. The third kappa shape index (κ3) is 7.26. The second-order valence-corrected chi connectivity index (χ2v) is 5.11. The number of unbranched alkanes of at least 4 members (excludes halogenated alkanes) is 1. The van der Waals surface area contributed by atoms with E-state index in [2.05, 4.69) is 10.4 Å². The summed E-state index contributed by atoms with van der Waals surface area (Å²) in [6.45, 7) is 4.46. The first-order valence-electron chi connectivity index (χ1n) is 8.15. The standard InChI is InChI=1S/C16H25N3O5/c1-3-23-15(21)13(16(22)24-4-2)8-5-6-9-17-14(20)12-19-11-7-10-18-19/h7,10-11,13H,3-6,8-9,12H2,1-2H3,(H,17,20). The van der Waals surface area contributed by atoms with E-state index in [1.165, 1.54) is 4.68 Å². The highest BCUT2D eigenvalue weighted by Gasteiger charge is 2.28. The molecule has 0 spiro atoms. The highest BCUT2D eigenvalue weighted by molar-refractivity contribution is 5.94. The van der Waals surface area contributed by atoms with E-state index in [1.54, 1.807) is 32.3 Å². The molecule has 0 radical (unpaired) electrons. The number of esters is 2. The average molecular weight is 339 g/mol. The molecule has 0 atom stereocenters. The summed E-state index contributed by atoms with van der Waals surface area (Å²) in [7, 11) is 0. The molecule has 1 amide bonds. The minimum Gasteiger partial charge on any atom is -0.465 e. The van der Waals surface area contributed by atoms with Crippen molar-refractivity contribution < 1.29 is 23.9 Å². The number of carbonyl (C=O) groups excluding carboxylic acids is 3. The largest absolute Gasteiger partial charge is 0.465 e. The van der Waals surface area contributed by atoms with Crippen LogP contribution in [0.25, 0.3) is 0 Å². The van der Waals surface area contributed by atoms with E-state index in [1.807, 2.05) is 0 Å². The van der Waals surface area contributed by atoms with E-state index in [0.29, 0.717) is 25.8 Å². The third-order valence-corrected chi connectivity index (χ3v) is 3.25. The summed E-state index contributed by atoms with van der Waals surface area (Å²) in [5, 5.41) is 6.72. The lowest BCUT2D eigenvalue weighted by Gasteiger charge is -2.14. The van der Waals surface area contributed by atoms with Gasteiger partial charge >= 0.3 is 11.9 Å². The maximum Gasteiger partial charge on any atom is 0.320 e. The molecule has 134 valence electrons. The molecule has 8 nitrogen and oxygen atoms in total. The Bertz CT molecular complexity index is 498. The monoisotopic (exact) mass is 339 g/mol. The van der Waals surface area contributed by atoms with E-state index < -0.39 is 17.9 Å². The summed E-state index contributed by atoms with van der Waals surface area (Å²) in [5.41, 5.74) is 0. The van der Waals surface area contributed by atoms with Gasteiger partial charge in [-0.3, -0.25) is 19.1 Å². The number of nitrogens with zero attached hydrogens (tertiary/aromatic N) is 2. The minimum absolute atomic E-state index is 0.133. The van der Waals surface area contributed by atoms with E-state index in [4.69, 9.17) is 9.47 Å². The Labute approximate surface area is 141 Å². The molecule has 0 aliphatic carbocycles. The van der Waals surface area contributed by atoms with Crippen LogP contribution in [0.1, 0.15) is 33.1 Å². The SMILES string of the molecule is CCOC(=O)C(CCCCNC(=O)Cn1cccn1)C(=O)OCC. The van der Waals surface area contributed by atoms with Crippen LogP contribution in [0.2, 0.25) is 0 Å². The number of aromatic nitrogens is 2. The molecule has 0 saturated carbocycles. The Hall–Kier alpha value is -2.38. The second-order valence-electron chi connectivity index (χ2n) is 5.11. The maximum absolute atomic E-state index is 11.8. The number of amides is 1. The normalized spacial score (nSPS) is 10.5. The van der Waals surface area contributed by atoms with Crippen LogP contribution >= 0.6 is 0 Å². The molecular formula is C16H25N3O5. The van der Waals surface area contributed by atoms with Gasteiger partial charge in [-0.15, -0.1) is 0 Å². The molecule has 0 unspecified atom stereocenters. The summed E-state index contributed by atoms with van der Waals surface area (Å²) < 4.78 is 11.3. The fourth-order valence-electron chi connectivity index (χ4n) is 2.12. The number of hydrogen-bond donors (Lipinski definition) is 1. The van der Waals surface area contributed by atoms with Crippen molar-refractivity contribution in [2.45, 2.75) is 39.7 Å². The molecule has 0 fully saturated rings. The highest BCUT2D eigenvalue weighted by atomic mass is 16.6. The van der Waals surface area contributed by atoms with Crippen LogP contribution in [-0.4, -0.2) is 47.4 Å². The predicted molar refractivity (Wildman–Crippen MR) is 85.8 cm³/mol. The van der Waals surface area contributed by atoms with Gasteiger partial charge in [0.25, 0.3) is 0 Å². The number of rotatable bonds is 11. The van der Waals surface area contributed by atoms with Crippen LogP contribution in [-0.2, 0) is 30.4 Å². The van der Waals surface area contributed by atoms with Crippen molar-refractivity contribution in [2.75, 3.05) is 19.8 Å². The summed E-state index contributed by atoms with van der Waals surface area (Å²) in [6, 6.07) is 1.75. The zero-order chi connectivity index (χ0) is 17.8. The van der Waals surface area contributed by atoms with Crippen molar-refractivity contribution in [3.05, 3.63) is 18.5 Å². The van der Waals surface area contributed by atoms with Crippen LogP contribution in [0.4, 0.5) is 0 Å². The topological polar surface area (TPSA) is 99.5 Å². The van der Waals surface area contributed by atoms with Gasteiger partial charge in [0, 0.05) is 18.9 Å². The lowest BCUT2D eigenvalue weighted by Crippen LogP contribution is -2.30. The smallest absolute Gasteiger partial charge is 0.320 e. The number of ether oxygens (including phenoxy) is 2. The molecule has 0 aliphatic heterocycles. The van der Waals surface area contributed by atoms with Crippen molar-refractivity contribution in [3.8, 4) is 0 Å². The molecule has 0 saturated heterocycles. The number of hydrogen-bond acceptors (Lipinski definition) is 6. The summed E-state index contributed by atoms with van der Waals surface area (Å²) >= 11 is 0. The van der Waals surface area contributed by atoms with Crippen molar-refractivity contribution in [3.63, 3.8) is 0 Å². The minimum atomic E-state index is -0.898. The Kier molecular flexibility index (Phi) is 9.18. The van der Waals surface area contributed by atoms with Gasteiger partial charge in [0.15, 0.2) is 5.92 Å². The van der Waals surface area contributed by atoms with Gasteiger partial charge in [-0.2, -0.15) is 5.10 Å². The summed E-state index contributed by atoms with van der Waals surface area (Å²) in [6.07, 6.45) is 4.91. The molecule has 24 heavy (non-hydrogen) atoms. The molecule has 1 aromatic rings. The van der Waals surface area contributed by atoms with E-state index in [-0.39, 0.29) is 25.7 Å².